The fourth-order valence-electron chi connectivity index (χ4n) is 1.99. The number of aryl methyl sites for hydroxylation is 3. The van der Waals surface area contributed by atoms with E-state index in [4.69, 9.17) is 0 Å². The molecule has 1 aromatic heterocycles. The first-order valence-electron chi connectivity index (χ1n) is 5.95. The molecule has 0 radical (unpaired) electrons. The van der Waals surface area contributed by atoms with Crippen molar-refractivity contribution in [3.05, 3.63) is 51.3 Å². The number of hydrogen-bond acceptors (Lipinski definition) is 4. The van der Waals surface area contributed by atoms with Crippen LogP contribution in [0.25, 0.3) is 0 Å². The molecule has 0 aliphatic carbocycles. The normalized spacial score (nSPS) is 10.5. The minimum Gasteiger partial charge on any atom is -0.379 e. The Hall–Kier alpha value is -2.37. The first kappa shape index (κ1) is 13.1. The third kappa shape index (κ3) is 2.73. The summed E-state index contributed by atoms with van der Waals surface area (Å²) in [6.07, 6.45) is 1.72. The van der Waals surface area contributed by atoms with E-state index >= 15 is 0 Å². The second kappa shape index (κ2) is 5.09. The summed E-state index contributed by atoms with van der Waals surface area (Å²) in [6.45, 7) is 4.26. The third-order valence-corrected chi connectivity index (χ3v) is 3.12. The van der Waals surface area contributed by atoms with Crippen LogP contribution in [0.3, 0.4) is 0 Å². The molecule has 0 atom stereocenters. The van der Waals surface area contributed by atoms with Crippen molar-refractivity contribution in [2.24, 2.45) is 7.05 Å². The number of anilines is 1. The maximum atomic E-state index is 10.9. The van der Waals surface area contributed by atoms with Crippen LogP contribution < -0.4 is 5.32 Å². The van der Waals surface area contributed by atoms with E-state index in [1.807, 2.05) is 26.1 Å². The standard InChI is InChI=1S/C13H16N4O2/c1-9-6-10(2)13(17(18)19)7-12(9)14-8-11-4-5-15-16(11)3/h4-7,14H,8H2,1-3H3. The van der Waals surface area contributed by atoms with Crippen LogP contribution >= 0.6 is 0 Å². The van der Waals surface area contributed by atoms with E-state index in [1.165, 1.54) is 0 Å². The molecule has 2 aromatic rings. The Bertz CT molecular complexity index is 619. The Morgan fingerprint density at radius 3 is 2.68 bits per heavy atom. The van der Waals surface area contributed by atoms with Gasteiger partial charge in [0.15, 0.2) is 0 Å². The van der Waals surface area contributed by atoms with Gasteiger partial charge in [0.2, 0.25) is 0 Å². The quantitative estimate of drug-likeness (QED) is 0.677. The number of benzene rings is 1. The van der Waals surface area contributed by atoms with Crippen LogP contribution in [0.1, 0.15) is 16.8 Å². The zero-order chi connectivity index (χ0) is 14.0. The van der Waals surface area contributed by atoms with Gasteiger partial charge in [-0.25, -0.2) is 0 Å². The Balaban J connectivity index is 2.23. The Kier molecular flexibility index (Phi) is 3.50. The highest BCUT2D eigenvalue weighted by atomic mass is 16.6. The maximum absolute atomic E-state index is 10.9. The maximum Gasteiger partial charge on any atom is 0.274 e. The molecule has 0 aliphatic heterocycles. The summed E-state index contributed by atoms with van der Waals surface area (Å²) >= 11 is 0. The Labute approximate surface area is 111 Å². The summed E-state index contributed by atoms with van der Waals surface area (Å²) < 4.78 is 1.77. The lowest BCUT2D eigenvalue weighted by atomic mass is 10.1. The number of nitrogens with one attached hydrogen (secondary N) is 1. The molecule has 19 heavy (non-hydrogen) atoms. The van der Waals surface area contributed by atoms with Crippen molar-refractivity contribution in [1.82, 2.24) is 9.78 Å². The molecule has 0 saturated heterocycles. The van der Waals surface area contributed by atoms with Gasteiger partial charge in [-0.15, -0.1) is 0 Å². The van der Waals surface area contributed by atoms with E-state index in [1.54, 1.807) is 23.9 Å². The zero-order valence-corrected chi connectivity index (χ0v) is 11.2. The summed E-state index contributed by atoms with van der Waals surface area (Å²) in [7, 11) is 1.86. The molecule has 0 amide bonds. The van der Waals surface area contributed by atoms with Crippen LogP contribution in [-0.4, -0.2) is 14.7 Å². The molecule has 1 aromatic carbocycles. The van der Waals surface area contributed by atoms with E-state index < -0.39 is 0 Å². The third-order valence-electron chi connectivity index (χ3n) is 3.12. The Morgan fingerprint density at radius 2 is 2.11 bits per heavy atom. The van der Waals surface area contributed by atoms with Crippen LogP contribution in [0.4, 0.5) is 11.4 Å². The molecular weight excluding hydrogens is 244 g/mol. The predicted molar refractivity (Wildman–Crippen MR) is 73.1 cm³/mol. The molecule has 0 fully saturated rings. The van der Waals surface area contributed by atoms with Crippen molar-refractivity contribution >= 4 is 11.4 Å². The van der Waals surface area contributed by atoms with Gasteiger partial charge in [0.05, 0.1) is 17.2 Å². The zero-order valence-electron chi connectivity index (χ0n) is 11.2. The summed E-state index contributed by atoms with van der Waals surface area (Å²) in [6, 6.07) is 5.32. The van der Waals surface area contributed by atoms with Gasteiger partial charge >= 0.3 is 0 Å². The molecule has 0 saturated carbocycles. The number of rotatable bonds is 4. The predicted octanol–water partition coefficient (Wildman–Crippen LogP) is 2.56. The minimum atomic E-state index is -0.357. The van der Waals surface area contributed by atoms with Gasteiger partial charge in [-0.3, -0.25) is 14.8 Å². The van der Waals surface area contributed by atoms with Gasteiger partial charge in [-0.05, 0) is 31.5 Å². The smallest absolute Gasteiger partial charge is 0.274 e. The van der Waals surface area contributed by atoms with E-state index in [-0.39, 0.29) is 10.6 Å². The van der Waals surface area contributed by atoms with Crippen molar-refractivity contribution in [2.45, 2.75) is 20.4 Å². The molecule has 6 heteroatoms. The summed E-state index contributed by atoms with van der Waals surface area (Å²) in [5.41, 5.74) is 3.60. The first-order chi connectivity index (χ1) is 8.99. The SMILES string of the molecule is Cc1cc(C)c([N+](=O)[O-])cc1NCc1ccnn1C. The van der Waals surface area contributed by atoms with Crippen molar-refractivity contribution in [3.8, 4) is 0 Å². The molecule has 100 valence electrons. The second-order valence-corrected chi connectivity index (χ2v) is 4.51. The minimum absolute atomic E-state index is 0.137. The lowest BCUT2D eigenvalue weighted by Gasteiger charge is -2.10. The summed E-state index contributed by atoms with van der Waals surface area (Å²) in [5.74, 6) is 0. The lowest BCUT2D eigenvalue weighted by Crippen LogP contribution is -2.07. The highest BCUT2D eigenvalue weighted by Crippen LogP contribution is 2.26. The van der Waals surface area contributed by atoms with Crippen molar-refractivity contribution < 1.29 is 4.92 Å². The fourth-order valence-corrected chi connectivity index (χ4v) is 1.99. The highest BCUT2D eigenvalue weighted by molar-refractivity contribution is 5.60. The molecule has 1 N–H and O–H groups in total. The first-order valence-corrected chi connectivity index (χ1v) is 5.95. The van der Waals surface area contributed by atoms with E-state index in [0.29, 0.717) is 12.1 Å². The van der Waals surface area contributed by atoms with Crippen LogP contribution in [0.2, 0.25) is 0 Å². The molecular formula is C13H16N4O2. The number of nitro groups is 1. The van der Waals surface area contributed by atoms with Crippen LogP contribution in [0, 0.1) is 24.0 Å². The van der Waals surface area contributed by atoms with E-state index in [0.717, 1.165) is 16.9 Å². The average molecular weight is 260 g/mol. The lowest BCUT2D eigenvalue weighted by molar-refractivity contribution is -0.385. The average Bonchev–Trinajstić information content (AvgIpc) is 2.73. The Morgan fingerprint density at radius 1 is 1.37 bits per heavy atom. The van der Waals surface area contributed by atoms with E-state index in [9.17, 15) is 10.1 Å². The van der Waals surface area contributed by atoms with Crippen molar-refractivity contribution in [1.29, 1.82) is 0 Å². The van der Waals surface area contributed by atoms with Crippen LogP contribution in [0.5, 0.6) is 0 Å². The monoisotopic (exact) mass is 260 g/mol. The highest BCUT2D eigenvalue weighted by Gasteiger charge is 2.13. The van der Waals surface area contributed by atoms with Gasteiger partial charge in [-0.2, -0.15) is 5.10 Å². The fraction of sp³-hybridized carbons (Fsp3) is 0.308. The number of nitro benzene ring substituents is 1. The number of nitrogens with zero attached hydrogens (tertiary/aromatic N) is 3. The van der Waals surface area contributed by atoms with Gasteiger partial charge in [-0.1, -0.05) is 0 Å². The topological polar surface area (TPSA) is 73.0 Å². The second-order valence-electron chi connectivity index (χ2n) is 4.51. The molecule has 1 heterocycles. The molecule has 6 nitrogen and oxygen atoms in total. The molecule has 2 rings (SSSR count). The van der Waals surface area contributed by atoms with Crippen molar-refractivity contribution in [3.63, 3.8) is 0 Å². The van der Waals surface area contributed by atoms with Crippen LogP contribution in [0.15, 0.2) is 24.4 Å². The molecule has 0 aliphatic rings. The number of aromatic nitrogens is 2. The van der Waals surface area contributed by atoms with Crippen LogP contribution in [-0.2, 0) is 13.6 Å². The molecule has 0 bridgehead atoms. The molecule has 0 unspecified atom stereocenters. The number of hydrogen-bond donors (Lipinski definition) is 1. The van der Waals surface area contributed by atoms with Gasteiger partial charge in [0, 0.05) is 30.6 Å². The van der Waals surface area contributed by atoms with E-state index in [2.05, 4.69) is 10.4 Å². The largest absolute Gasteiger partial charge is 0.379 e. The van der Waals surface area contributed by atoms with Crippen molar-refractivity contribution in [2.75, 3.05) is 5.32 Å². The van der Waals surface area contributed by atoms with Gasteiger partial charge in [0.1, 0.15) is 0 Å². The summed E-state index contributed by atoms with van der Waals surface area (Å²) in [4.78, 5) is 10.6. The summed E-state index contributed by atoms with van der Waals surface area (Å²) in [5, 5.41) is 18.2. The van der Waals surface area contributed by atoms with Gasteiger partial charge in [0.25, 0.3) is 5.69 Å². The van der Waals surface area contributed by atoms with Gasteiger partial charge < -0.3 is 5.32 Å². The molecule has 0 spiro atoms.